The summed E-state index contributed by atoms with van der Waals surface area (Å²) in [5.74, 6) is 1.47. The molecule has 0 amide bonds. The Morgan fingerprint density at radius 3 is 2.67 bits per heavy atom. The Morgan fingerprint density at radius 2 is 2.07 bits per heavy atom. The van der Waals surface area contributed by atoms with Gasteiger partial charge in [-0.1, -0.05) is 38.1 Å². The zero-order valence-electron chi connectivity index (χ0n) is 9.74. The van der Waals surface area contributed by atoms with Crippen molar-refractivity contribution in [2.45, 2.75) is 39.2 Å². The molecular formula is C14H21N. The van der Waals surface area contributed by atoms with Gasteiger partial charge in [0.1, 0.15) is 0 Å². The second-order valence-corrected chi connectivity index (χ2v) is 5.21. The third-order valence-electron chi connectivity index (χ3n) is 3.11. The zero-order chi connectivity index (χ0) is 10.8. The lowest BCUT2D eigenvalue weighted by Crippen LogP contribution is -2.12. The summed E-state index contributed by atoms with van der Waals surface area (Å²) in [6, 6.07) is 9.10. The molecule has 0 bridgehead atoms. The van der Waals surface area contributed by atoms with Gasteiger partial charge in [-0.05, 0) is 42.2 Å². The minimum Gasteiger partial charge on any atom is -0.324 e. The van der Waals surface area contributed by atoms with Gasteiger partial charge in [0, 0.05) is 6.04 Å². The van der Waals surface area contributed by atoms with Gasteiger partial charge in [-0.15, -0.1) is 0 Å². The van der Waals surface area contributed by atoms with Gasteiger partial charge in [0.15, 0.2) is 0 Å². The van der Waals surface area contributed by atoms with E-state index in [-0.39, 0.29) is 6.04 Å². The van der Waals surface area contributed by atoms with Crippen molar-refractivity contribution in [1.82, 2.24) is 0 Å². The first kappa shape index (κ1) is 10.7. The molecule has 1 aliphatic carbocycles. The summed E-state index contributed by atoms with van der Waals surface area (Å²) in [4.78, 5) is 0. The molecule has 0 heterocycles. The quantitative estimate of drug-likeness (QED) is 0.798. The van der Waals surface area contributed by atoms with Crippen molar-refractivity contribution in [2.24, 2.45) is 17.6 Å². The predicted octanol–water partition coefficient (Wildman–Crippen LogP) is 3.29. The maximum atomic E-state index is 6.20. The fourth-order valence-electron chi connectivity index (χ4n) is 2.13. The standard InChI is InChI=1S/C14H21N/c1-10(2)8-11-4-3-5-13(9-11)14(15)12-6-7-12/h3-5,9-10,12,14H,6-8,15H2,1-2H3. The van der Waals surface area contributed by atoms with Crippen LogP contribution in [0.4, 0.5) is 0 Å². The molecule has 1 atom stereocenters. The predicted molar refractivity (Wildman–Crippen MR) is 64.6 cm³/mol. The molecule has 1 heteroatoms. The normalized spacial score (nSPS) is 18.1. The van der Waals surface area contributed by atoms with E-state index in [1.807, 2.05) is 0 Å². The Kier molecular flexibility index (Phi) is 3.11. The molecule has 1 saturated carbocycles. The molecule has 0 spiro atoms. The second-order valence-electron chi connectivity index (χ2n) is 5.21. The first-order valence-corrected chi connectivity index (χ1v) is 6.01. The van der Waals surface area contributed by atoms with Crippen LogP contribution in [-0.2, 0) is 6.42 Å². The van der Waals surface area contributed by atoms with Crippen LogP contribution < -0.4 is 5.73 Å². The average Bonchev–Trinajstić information content (AvgIpc) is 2.99. The van der Waals surface area contributed by atoms with Crippen LogP contribution in [0.2, 0.25) is 0 Å². The Labute approximate surface area is 92.7 Å². The van der Waals surface area contributed by atoms with Crippen molar-refractivity contribution in [3.05, 3.63) is 35.4 Å². The Balaban J connectivity index is 2.10. The van der Waals surface area contributed by atoms with Gasteiger partial charge in [-0.25, -0.2) is 0 Å². The minimum atomic E-state index is 0.275. The summed E-state index contributed by atoms with van der Waals surface area (Å²) in [6.07, 6.45) is 3.79. The number of hydrogen-bond donors (Lipinski definition) is 1. The Bertz CT molecular complexity index is 326. The monoisotopic (exact) mass is 203 g/mol. The van der Waals surface area contributed by atoms with E-state index in [4.69, 9.17) is 5.73 Å². The van der Waals surface area contributed by atoms with Gasteiger partial charge >= 0.3 is 0 Å². The molecule has 1 aliphatic rings. The summed E-state index contributed by atoms with van der Waals surface area (Å²) in [7, 11) is 0. The van der Waals surface area contributed by atoms with Crippen molar-refractivity contribution < 1.29 is 0 Å². The molecule has 82 valence electrons. The van der Waals surface area contributed by atoms with Crippen molar-refractivity contribution in [1.29, 1.82) is 0 Å². The van der Waals surface area contributed by atoms with Crippen LogP contribution in [0.1, 0.15) is 43.9 Å². The van der Waals surface area contributed by atoms with E-state index in [0.29, 0.717) is 0 Å². The summed E-state index contributed by atoms with van der Waals surface area (Å²) in [5, 5.41) is 0. The highest BCUT2D eigenvalue weighted by Crippen LogP contribution is 2.39. The Hall–Kier alpha value is -0.820. The van der Waals surface area contributed by atoms with Crippen molar-refractivity contribution >= 4 is 0 Å². The van der Waals surface area contributed by atoms with Crippen molar-refractivity contribution in [3.8, 4) is 0 Å². The largest absolute Gasteiger partial charge is 0.324 e. The van der Waals surface area contributed by atoms with Gasteiger partial charge in [-0.2, -0.15) is 0 Å². The lowest BCUT2D eigenvalue weighted by atomic mass is 9.97. The number of rotatable bonds is 4. The van der Waals surface area contributed by atoms with Crippen molar-refractivity contribution in [3.63, 3.8) is 0 Å². The zero-order valence-corrected chi connectivity index (χ0v) is 9.74. The highest BCUT2D eigenvalue weighted by Gasteiger charge is 2.29. The van der Waals surface area contributed by atoms with E-state index < -0.39 is 0 Å². The van der Waals surface area contributed by atoms with Crippen molar-refractivity contribution in [2.75, 3.05) is 0 Å². The lowest BCUT2D eigenvalue weighted by Gasteiger charge is -2.13. The molecule has 0 radical (unpaired) electrons. The topological polar surface area (TPSA) is 26.0 Å². The van der Waals surface area contributed by atoms with E-state index >= 15 is 0 Å². The minimum absolute atomic E-state index is 0.275. The van der Waals surface area contributed by atoms with E-state index in [1.165, 1.54) is 24.0 Å². The van der Waals surface area contributed by atoms with Crippen LogP contribution in [0, 0.1) is 11.8 Å². The second kappa shape index (κ2) is 4.36. The fourth-order valence-corrected chi connectivity index (χ4v) is 2.13. The molecule has 0 aliphatic heterocycles. The number of hydrogen-bond acceptors (Lipinski definition) is 1. The third kappa shape index (κ3) is 2.82. The Morgan fingerprint density at radius 1 is 1.33 bits per heavy atom. The molecule has 2 N–H and O–H groups in total. The van der Waals surface area contributed by atoms with Gasteiger partial charge in [-0.3, -0.25) is 0 Å². The SMILES string of the molecule is CC(C)Cc1cccc(C(N)C2CC2)c1. The van der Waals surface area contributed by atoms with Crippen LogP contribution in [0.15, 0.2) is 24.3 Å². The molecule has 1 aromatic rings. The lowest BCUT2D eigenvalue weighted by molar-refractivity contribution is 0.624. The highest BCUT2D eigenvalue weighted by molar-refractivity contribution is 5.27. The van der Waals surface area contributed by atoms with Gasteiger partial charge in [0.2, 0.25) is 0 Å². The van der Waals surface area contributed by atoms with Crippen LogP contribution in [0.3, 0.4) is 0 Å². The molecule has 15 heavy (non-hydrogen) atoms. The summed E-state index contributed by atoms with van der Waals surface area (Å²) >= 11 is 0. The number of nitrogens with two attached hydrogens (primary N) is 1. The molecule has 0 saturated heterocycles. The molecule has 2 rings (SSSR count). The summed E-state index contributed by atoms with van der Waals surface area (Å²) in [6.45, 7) is 4.51. The van der Waals surface area contributed by atoms with Gasteiger partial charge < -0.3 is 5.73 Å². The van der Waals surface area contributed by atoms with Crippen LogP contribution in [0.5, 0.6) is 0 Å². The summed E-state index contributed by atoms with van der Waals surface area (Å²) < 4.78 is 0. The fraction of sp³-hybridized carbons (Fsp3) is 0.571. The average molecular weight is 203 g/mol. The maximum absolute atomic E-state index is 6.20. The smallest absolute Gasteiger partial charge is 0.0323 e. The van der Waals surface area contributed by atoms with E-state index in [0.717, 1.165) is 18.3 Å². The summed E-state index contributed by atoms with van der Waals surface area (Å²) in [5.41, 5.74) is 8.96. The molecule has 1 nitrogen and oxygen atoms in total. The van der Waals surface area contributed by atoms with Crippen LogP contribution >= 0.6 is 0 Å². The van der Waals surface area contributed by atoms with Crippen LogP contribution in [-0.4, -0.2) is 0 Å². The van der Waals surface area contributed by atoms with Crippen LogP contribution in [0.25, 0.3) is 0 Å². The molecule has 1 unspecified atom stereocenters. The maximum Gasteiger partial charge on any atom is 0.0323 e. The van der Waals surface area contributed by atoms with Gasteiger partial charge in [0.25, 0.3) is 0 Å². The van der Waals surface area contributed by atoms with Gasteiger partial charge in [0.05, 0.1) is 0 Å². The first-order chi connectivity index (χ1) is 7.16. The van der Waals surface area contributed by atoms with E-state index in [2.05, 4.69) is 38.1 Å². The molecule has 1 aromatic carbocycles. The van der Waals surface area contributed by atoms with E-state index in [1.54, 1.807) is 0 Å². The molecule has 0 aromatic heterocycles. The third-order valence-corrected chi connectivity index (χ3v) is 3.11. The first-order valence-electron chi connectivity index (χ1n) is 6.01. The molecular weight excluding hydrogens is 182 g/mol. The highest BCUT2D eigenvalue weighted by atomic mass is 14.7. The molecule has 1 fully saturated rings. The van der Waals surface area contributed by atoms with E-state index in [9.17, 15) is 0 Å². The number of benzene rings is 1.